The second-order valence-electron chi connectivity index (χ2n) is 6.32. The van der Waals surface area contributed by atoms with Crippen molar-refractivity contribution in [3.8, 4) is 11.4 Å². The number of thiazole rings is 1. The molecule has 4 rings (SSSR count). The zero-order valence-corrected chi connectivity index (χ0v) is 17.1. The molecule has 142 valence electrons. The van der Waals surface area contributed by atoms with Crippen LogP contribution < -0.4 is 0 Å². The Kier molecular flexibility index (Phi) is 5.40. The summed E-state index contributed by atoms with van der Waals surface area (Å²) in [5.74, 6) is 0.993. The molecule has 1 amide bonds. The molecule has 0 aliphatic carbocycles. The highest BCUT2D eigenvalue weighted by atomic mass is 32.2. The fourth-order valence-corrected chi connectivity index (χ4v) is 4.50. The first-order chi connectivity index (χ1) is 13.6. The number of carbonyl (C=O) groups is 1. The number of carbonyl (C=O) groups excluding carboxylic acids is 1. The van der Waals surface area contributed by atoms with Gasteiger partial charge >= 0.3 is 0 Å². The first-order valence-electron chi connectivity index (χ1n) is 8.83. The predicted molar refractivity (Wildman–Crippen MR) is 113 cm³/mol. The van der Waals surface area contributed by atoms with Gasteiger partial charge in [-0.25, -0.2) is 9.97 Å². The Morgan fingerprint density at radius 3 is 2.68 bits per heavy atom. The summed E-state index contributed by atoms with van der Waals surface area (Å²) in [5, 5.41) is 8.62. The lowest BCUT2D eigenvalue weighted by Crippen LogP contribution is -2.31. The van der Waals surface area contributed by atoms with Gasteiger partial charge in [-0.05, 0) is 19.1 Å². The average Bonchev–Trinajstić information content (AvgIpc) is 3.38. The number of nitrogens with zero attached hydrogens (tertiary/aromatic N) is 4. The minimum absolute atomic E-state index is 0.0165. The van der Waals surface area contributed by atoms with Crippen molar-refractivity contribution in [2.45, 2.75) is 18.1 Å². The number of aromatic amines is 1. The smallest absolute Gasteiger partial charge is 0.233 e. The van der Waals surface area contributed by atoms with Gasteiger partial charge in [-0.1, -0.05) is 54.2 Å². The SMILES string of the molecule is C[C@H](c1nc2ccccc2s1)N(C)C(=O)CSc1n[nH]c(-c2ccccc2)n1. The van der Waals surface area contributed by atoms with Crippen LogP contribution >= 0.6 is 23.1 Å². The third-order valence-electron chi connectivity index (χ3n) is 4.48. The standard InChI is InChI=1S/C20H19N5OS2/c1-13(19-21-15-10-6-7-11-16(15)28-19)25(2)17(26)12-27-20-22-18(23-24-20)14-8-4-3-5-9-14/h3-11,13H,12H2,1-2H3,(H,22,23,24)/t13-/m1/s1. The van der Waals surface area contributed by atoms with E-state index >= 15 is 0 Å². The van der Waals surface area contributed by atoms with E-state index in [1.807, 2.05) is 62.5 Å². The largest absolute Gasteiger partial charge is 0.336 e. The number of fused-ring (bicyclic) bond motifs is 1. The summed E-state index contributed by atoms with van der Waals surface area (Å²) in [6, 6.07) is 17.7. The van der Waals surface area contributed by atoms with Crippen LogP contribution in [0.2, 0.25) is 0 Å². The van der Waals surface area contributed by atoms with E-state index in [4.69, 9.17) is 0 Å². The van der Waals surface area contributed by atoms with Gasteiger partial charge in [0.25, 0.3) is 0 Å². The van der Waals surface area contributed by atoms with Crippen molar-refractivity contribution in [2.75, 3.05) is 12.8 Å². The predicted octanol–water partition coefficient (Wildman–Crippen LogP) is 4.39. The Balaban J connectivity index is 1.38. The van der Waals surface area contributed by atoms with Crippen molar-refractivity contribution in [2.24, 2.45) is 0 Å². The van der Waals surface area contributed by atoms with Crippen LogP contribution in [-0.2, 0) is 4.79 Å². The third-order valence-corrected chi connectivity index (χ3v) is 6.52. The van der Waals surface area contributed by atoms with E-state index in [9.17, 15) is 4.79 Å². The highest BCUT2D eigenvalue weighted by molar-refractivity contribution is 7.99. The lowest BCUT2D eigenvalue weighted by Gasteiger charge is -2.22. The van der Waals surface area contributed by atoms with Crippen LogP contribution in [0.1, 0.15) is 18.0 Å². The highest BCUT2D eigenvalue weighted by Crippen LogP contribution is 2.29. The van der Waals surface area contributed by atoms with E-state index in [0.717, 1.165) is 20.8 Å². The molecule has 28 heavy (non-hydrogen) atoms. The van der Waals surface area contributed by atoms with Crippen molar-refractivity contribution in [1.29, 1.82) is 0 Å². The molecule has 2 aromatic heterocycles. The molecule has 2 heterocycles. The molecule has 0 bridgehead atoms. The lowest BCUT2D eigenvalue weighted by molar-refractivity contribution is -0.128. The fraction of sp³-hybridized carbons (Fsp3) is 0.200. The summed E-state index contributed by atoms with van der Waals surface area (Å²) in [7, 11) is 1.81. The van der Waals surface area contributed by atoms with E-state index in [2.05, 4.69) is 26.2 Å². The number of H-pyrrole nitrogens is 1. The number of benzene rings is 2. The van der Waals surface area contributed by atoms with Gasteiger partial charge in [0.15, 0.2) is 5.82 Å². The number of hydrogen-bond donors (Lipinski definition) is 1. The van der Waals surface area contributed by atoms with Gasteiger partial charge in [0.1, 0.15) is 5.01 Å². The van der Waals surface area contributed by atoms with Gasteiger partial charge in [0.2, 0.25) is 11.1 Å². The molecule has 0 radical (unpaired) electrons. The van der Waals surface area contributed by atoms with E-state index in [0.29, 0.717) is 11.0 Å². The molecular formula is C20H19N5OS2. The summed E-state index contributed by atoms with van der Waals surface area (Å²) < 4.78 is 1.13. The van der Waals surface area contributed by atoms with Crippen LogP contribution in [0.3, 0.4) is 0 Å². The Morgan fingerprint density at radius 1 is 1.14 bits per heavy atom. The first kappa shape index (κ1) is 18.6. The van der Waals surface area contributed by atoms with Crippen molar-refractivity contribution in [3.63, 3.8) is 0 Å². The van der Waals surface area contributed by atoms with Crippen LogP contribution in [0.4, 0.5) is 0 Å². The maximum absolute atomic E-state index is 12.6. The molecule has 0 unspecified atom stereocenters. The zero-order valence-electron chi connectivity index (χ0n) is 15.5. The van der Waals surface area contributed by atoms with E-state index in [1.54, 1.807) is 16.2 Å². The van der Waals surface area contributed by atoms with Crippen molar-refractivity contribution < 1.29 is 4.79 Å². The molecule has 0 fully saturated rings. The maximum Gasteiger partial charge on any atom is 0.233 e. The third kappa shape index (κ3) is 3.93. The monoisotopic (exact) mass is 409 g/mol. The van der Waals surface area contributed by atoms with E-state index < -0.39 is 0 Å². The van der Waals surface area contributed by atoms with Crippen molar-refractivity contribution in [1.82, 2.24) is 25.1 Å². The van der Waals surface area contributed by atoms with Gasteiger partial charge in [-0.3, -0.25) is 9.89 Å². The van der Waals surface area contributed by atoms with Crippen LogP contribution in [0.15, 0.2) is 59.8 Å². The molecule has 0 saturated carbocycles. The topological polar surface area (TPSA) is 74.8 Å². The normalized spacial score (nSPS) is 12.2. The van der Waals surface area contributed by atoms with Gasteiger partial charge in [0, 0.05) is 12.6 Å². The van der Waals surface area contributed by atoms with Crippen molar-refractivity contribution in [3.05, 3.63) is 59.6 Å². The molecule has 2 aromatic carbocycles. The van der Waals surface area contributed by atoms with Gasteiger partial charge in [-0.15, -0.1) is 16.4 Å². The molecule has 1 atom stereocenters. The maximum atomic E-state index is 12.6. The first-order valence-corrected chi connectivity index (χ1v) is 10.6. The summed E-state index contributed by atoms with van der Waals surface area (Å²) in [5.41, 5.74) is 1.94. The van der Waals surface area contributed by atoms with Crippen LogP contribution in [0.25, 0.3) is 21.6 Å². The number of hydrogen-bond acceptors (Lipinski definition) is 6. The van der Waals surface area contributed by atoms with E-state index in [-0.39, 0.29) is 17.7 Å². The quantitative estimate of drug-likeness (QED) is 0.478. The molecule has 1 N–H and O–H groups in total. The van der Waals surface area contributed by atoms with E-state index in [1.165, 1.54) is 11.8 Å². The minimum Gasteiger partial charge on any atom is -0.336 e. The Morgan fingerprint density at radius 2 is 1.89 bits per heavy atom. The Hall–Kier alpha value is -2.71. The average molecular weight is 410 g/mol. The summed E-state index contributed by atoms with van der Waals surface area (Å²) in [6.45, 7) is 2.00. The van der Waals surface area contributed by atoms with Gasteiger partial charge in [-0.2, -0.15) is 0 Å². The molecule has 8 heteroatoms. The summed E-state index contributed by atoms with van der Waals surface area (Å²) in [6.07, 6.45) is 0. The second-order valence-corrected chi connectivity index (χ2v) is 8.33. The summed E-state index contributed by atoms with van der Waals surface area (Å²) in [4.78, 5) is 23.5. The second kappa shape index (κ2) is 8.12. The molecule has 6 nitrogen and oxygen atoms in total. The minimum atomic E-state index is -0.0856. The lowest BCUT2D eigenvalue weighted by atomic mass is 10.2. The van der Waals surface area contributed by atoms with Crippen LogP contribution in [0, 0.1) is 0 Å². The molecule has 0 spiro atoms. The molecular weight excluding hydrogens is 390 g/mol. The van der Waals surface area contributed by atoms with Gasteiger partial charge < -0.3 is 4.90 Å². The number of aromatic nitrogens is 4. The molecule has 0 aliphatic heterocycles. The zero-order chi connectivity index (χ0) is 19.5. The fourth-order valence-electron chi connectivity index (χ4n) is 2.71. The summed E-state index contributed by atoms with van der Waals surface area (Å²) >= 11 is 2.95. The Labute approximate surface area is 171 Å². The van der Waals surface area contributed by atoms with Crippen molar-refractivity contribution >= 4 is 39.2 Å². The number of para-hydroxylation sites is 1. The molecule has 0 aliphatic rings. The number of amides is 1. The molecule has 4 aromatic rings. The number of thioether (sulfide) groups is 1. The molecule has 0 saturated heterocycles. The van der Waals surface area contributed by atoms with Crippen LogP contribution in [-0.4, -0.2) is 43.8 Å². The Bertz CT molecular complexity index is 1060. The highest BCUT2D eigenvalue weighted by Gasteiger charge is 2.21. The van der Waals surface area contributed by atoms with Crippen LogP contribution in [0.5, 0.6) is 0 Å². The number of rotatable bonds is 6. The van der Waals surface area contributed by atoms with Gasteiger partial charge in [0.05, 0.1) is 22.0 Å². The number of nitrogens with one attached hydrogen (secondary N) is 1.